The fourth-order valence-corrected chi connectivity index (χ4v) is 4.43. The summed E-state index contributed by atoms with van der Waals surface area (Å²) >= 11 is 0. The third-order valence-electron chi connectivity index (χ3n) is 5.70. The Hall–Kier alpha value is -3.76. The Kier molecular flexibility index (Phi) is 7.18. The highest BCUT2D eigenvalue weighted by Gasteiger charge is 2.42. The van der Waals surface area contributed by atoms with Crippen molar-refractivity contribution in [2.45, 2.75) is 25.3 Å². The van der Waals surface area contributed by atoms with Crippen LogP contribution in [0.4, 0.5) is 0 Å². The number of carbonyl (C=O) groups excluding carboxylic acids is 2. The molecular weight excluding hydrogens is 418 g/mol. The van der Waals surface area contributed by atoms with Crippen molar-refractivity contribution in [1.82, 2.24) is 24.8 Å². The van der Waals surface area contributed by atoms with E-state index in [2.05, 4.69) is 15.3 Å². The van der Waals surface area contributed by atoms with Crippen LogP contribution >= 0.6 is 0 Å². The molecule has 1 fully saturated rings. The number of piperidine rings is 1. The zero-order valence-corrected chi connectivity index (χ0v) is 17.8. The first-order chi connectivity index (χ1) is 15.4. The lowest BCUT2D eigenvalue weighted by atomic mass is 9.78. The average Bonchev–Trinajstić information content (AvgIpc) is 2.79. The Balaban J connectivity index is 0.000000913. The second kappa shape index (κ2) is 10.0. The van der Waals surface area contributed by atoms with Crippen molar-refractivity contribution >= 4 is 18.3 Å². The van der Waals surface area contributed by atoms with Gasteiger partial charge in [0.1, 0.15) is 0 Å². The van der Waals surface area contributed by atoms with E-state index in [0.29, 0.717) is 25.2 Å². The van der Waals surface area contributed by atoms with Crippen molar-refractivity contribution in [3.8, 4) is 6.01 Å². The van der Waals surface area contributed by atoms with Crippen LogP contribution in [0.15, 0.2) is 35.4 Å². The number of ether oxygens (including phenoxy) is 1. The third-order valence-corrected chi connectivity index (χ3v) is 5.70. The molecule has 0 spiro atoms. The molecular formula is C21H25N5O6. The SMILES string of the molecule is COc1ncc(C(=O)N2C[C@H]3C[C@@H](C2)[C@H](CNC(C)=O)n2c3cccc2=O)cn1.O=CO. The number of rotatable bonds is 4. The molecule has 2 bridgehead atoms. The lowest BCUT2D eigenvalue weighted by Crippen LogP contribution is -2.53. The molecule has 2 aliphatic rings. The molecule has 0 radical (unpaired) electrons. The second-order valence-electron chi connectivity index (χ2n) is 7.63. The summed E-state index contributed by atoms with van der Waals surface area (Å²) in [5.41, 5.74) is 1.23. The lowest BCUT2D eigenvalue weighted by molar-refractivity contribution is -0.123. The quantitative estimate of drug-likeness (QED) is 0.642. The summed E-state index contributed by atoms with van der Waals surface area (Å²) in [6.45, 7) is 2.60. The zero-order valence-electron chi connectivity index (χ0n) is 17.8. The van der Waals surface area contributed by atoms with Crippen molar-refractivity contribution in [2.75, 3.05) is 26.7 Å². The van der Waals surface area contributed by atoms with Gasteiger partial charge in [-0.3, -0.25) is 19.2 Å². The molecule has 32 heavy (non-hydrogen) atoms. The summed E-state index contributed by atoms with van der Waals surface area (Å²) < 4.78 is 6.75. The highest BCUT2D eigenvalue weighted by atomic mass is 16.5. The van der Waals surface area contributed by atoms with Gasteiger partial charge in [0.25, 0.3) is 17.9 Å². The van der Waals surface area contributed by atoms with Crippen LogP contribution in [0.3, 0.4) is 0 Å². The number of nitrogens with zero attached hydrogens (tertiary/aromatic N) is 4. The fourth-order valence-electron chi connectivity index (χ4n) is 4.43. The maximum Gasteiger partial charge on any atom is 0.316 e. The van der Waals surface area contributed by atoms with Gasteiger partial charge >= 0.3 is 6.01 Å². The number of hydrogen-bond donors (Lipinski definition) is 2. The molecule has 0 aromatic carbocycles. The van der Waals surface area contributed by atoms with E-state index in [9.17, 15) is 14.4 Å². The van der Waals surface area contributed by atoms with Gasteiger partial charge in [-0.05, 0) is 18.4 Å². The van der Waals surface area contributed by atoms with Crippen LogP contribution in [0.2, 0.25) is 0 Å². The van der Waals surface area contributed by atoms with Crippen molar-refractivity contribution in [1.29, 1.82) is 0 Å². The van der Waals surface area contributed by atoms with Gasteiger partial charge in [-0.1, -0.05) is 6.07 Å². The normalized spacial score (nSPS) is 20.8. The molecule has 2 aromatic rings. The number of aromatic nitrogens is 3. The summed E-state index contributed by atoms with van der Waals surface area (Å²) in [6, 6.07) is 5.25. The number of carboxylic acid groups (broad SMARTS) is 1. The van der Waals surface area contributed by atoms with Crippen LogP contribution in [-0.2, 0) is 9.59 Å². The molecule has 11 nitrogen and oxygen atoms in total. The van der Waals surface area contributed by atoms with E-state index in [1.165, 1.54) is 26.4 Å². The van der Waals surface area contributed by atoms with Gasteiger partial charge in [-0.15, -0.1) is 0 Å². The largest absolute Gasteiger partial charge is 0.483 e. The summed E-state index contributed by atoms with van der Waals surface area (Å²) in [5, 5.41) is 9.73. The van der Waals surface area contributed by atoms with Gasteiger partial charge in [-0.25, -0.2) is 9.97 Å². The number of hydrogen-bond acceptors (Lipinski definition) is 7. The maximum absolute atomic E-state index is 13.0. The summed E-state index contributed by atoms with van der Waals surface area (Å²) in [5.74, 6) is -0.153. The Morgan fingerprint density at radius 1 is 1.28 bits per heavy atom. The minimum Gasteiger partial charge on any atom is -0.483 e. The van der Waals surface area contributed by atoms with E-state index in [0.717, 1.165) is 12.1 Å². The van der Waals surface area contributed by atoms with Crippen molar-refractivity contribution in [3.63, 3.8) is 0 Å². The molecule has 0 aliphatic carbocycles. The topological polar surface area (TPSA) is 144 Å². The first-order valence-electron chi connectivity index (χ1n) is 10.1. The average molecular weight is 443 g/mol. The molecule has 2 aromatic heterocycles. The Labute approximate surface area is 184 Å². The molecule has 0 unspecified atom stereocenters. The minimum atomic E-state index is -0.250. The van der Waals surface area contributed by atoms with Crippen LogP contribution in [0.5, 0.6) is 6.01 Å². The molecule has 170 valence electrons. The first-order valence-corrected chi connectivity index (χ1v) is 10.1. The predicted molar refractivity (Wildman–Crippen MR) is 112 cm³/mol. The number of methoxy groups -OCH3 is 1. The first kappa shape index (κ1) is 22.9. The van der Waals surface area contributed by atoms with E-state index < -0.39 is 0 Å². The highest BCUT2D eigenvalue weighted by Crippen LogP contribution is 2.41. The molecule has 2 N–H and O–H groups in total. The Morgan fingerprint density at radius 3 is 2.59 bits per heavy atom. The van der Waals surface area contributed by atoms with E-state index in [1.807, 2.05) is 6.07 Å². The van der Waals surface area contributed by atoms with Crippen molar-refractivity contribution in [3.05, 3.63) is 52.2 Å². The van der Waals surface area contributed by atoms with E-state index in [-0.39, 0.29) is 47.7 Å². The Morgan fingerprint density at radius 2 is 1.97 bits per heavy atom. The van der Waals surface area contributed by atoms with Crippen molar-refractivity contribution < 1.29 is 24.2 Å². The fraction of sp³-hybridized carbons (Fsp3) is 0.429. The second-order valence-corrected chi connectivity index (χ2v) is 7.63. The molecule has 2 amide bonds. The van der Waals surface area contributed by atoms with Crippen LogP contribution in [0.1, 0.15) is 41.4 Å². The maximum atomic E-state index is 13.0. The number of pyridine rings is 1. The monoisotopic (exact) mass is 443 g/mol. The molecule has 2 aliphatic heterocycles. The van der Waals surface area contributed by atoms with Crippen LogP contribution < -0.4 is 15.6 Å². The third kappa shape index (κ3) is 4.76. The number of nitrogens with one attached hydrogen (secondary N) is 1. The Bertz CT molecular complexity index is 1040. The van der Waals surface area contributed by atoms with Gasteiger partial charge in [0, 0.05) is 56.6 Å². The number of fused-ring (bicyclic) bond motifs is 4. The predicted octanol–water partition coefficient (Wildman–Crippen LogP) is 0.284. The van der Waals surface area contributed by atoms with Crippen LogP contribution in [0.25, 0.3) is 0 Å². The van der Waals surface area contributed by atoms with Gasteiger partial charge in [0.15, 0.2) is 0 Å². The van der Waals surface area contributed by atoms with Crippen LogP contribution in [0, 0.1) is 5.92 Å². The molecule has 0 saturated carbocycles. The summed E-state index contributed by atoms with van der Waals surface area (Å²) in [6.07, 6.45) is 3.80. The van der Waals surface area contributed by atoms with Gasteiger partial charge in [0.2, 0.25) is 5.91 Å². The summed E-state index contributed by atoms with van der Waals surface area (Å²) in [4.78, 5) is 55.3. The number of amides is 2. The molecule has 4 heterocycles. The zero-order chi connectivity index (χ0) is 23.3. The van der Waals surface area contributed by atoms with E-state index in [4.69, 9.17) is 14.6 Å². The number of likely N-dealkylation sites (tertiary alicyclic amines) is 1. The van der Waals surface area contributed by atoms with Crippen LogP contribution in [-0.4, -0.2) is 69.6 Å². The van der Waals surface area contributed by atoms with Gasteiger partial charge in [-0.2, -0.15) is 0 Å². The summed E-state index contributed by atoms with van der Waals surface area (Å²) in [7, 11) is 1.47. The molecule has 4 rings (SSSR count). The molecule has 11 heteroatoms. The number of carbonyl (C=O) groups is 3. The van der Waals surface area contributed by atoms with E-state index in [1.54, 1.807) is 21.6 Å². The highest BCUT2D eigenvalue weighted by molar-refractivity contribution is 5.93. The lowest BCUT2D eigenvalue weighted by Gasteiger charge is -2.47. The molecule has 3 atom stereocenters. The molecule has 1 saturated heterocycles. The minimum absolute atomic E-state index is 0.0660. The van der Waals surface area contributed by atoms with Crippen molar-refractivity contribution in [2.24, 2.45) is 5.92 Å². The standard InChI is InChI=1S/C20H23N5O4.CH2O2/c1-12(26)21-9-17-14-6-13(16-4-3-5-18(27)25(16)17)10-24(11-14)19(28)15-7-22-20(29-2)23-8-15;2-1-3/h3-5,7-8,13-14,17H,6,9-11H2,1-2H3,(H,21,26);1H,(H,2,3)/t13-,14+,17+;/m1./s1. The van der Waals surface area contributed by atoms with Gasteiger partial charge in [0.05, 0.1) is 18.7 Å². The van der Waals surface area contributed by atoms with Gasteiger partial charge < -0.3 is 24.6 Å². The van der Waals surface area contributed by atoms with E-state index >= 15 is 0 Å². The smallest absolute Gasteiger partial charge is 0.316 e.